The molecule has 0 spiro atoms. The van der Waals surface area contributed by atoms with Crippen molar-refractivity contribution >= 4 is 38.8 Å². The summed E-state index contributed by atoms with van der Waals surface area (Å²) < 4.78 is 11.4. The van der Waals surface area contributed by atoms with E-state index in [1.54, 1.807) is 12.1 Å². The topological polar surface area (TPSA) is 63.8 Å². The van der Waals surface area contributed by atoms with E-state index in [-0.39, 0.29) is 12.5 Å². The van der Waals surface area contributed by atoms with Crippen LogP contribution in [0.2, 0.25) is 0 Å². The van der Waals surface area contributed by atoms with E-state index in [1.165, 1.54) is 12.5 Å². The Balaban J connectivity index is 1.59. The number of furan rings is 1. The second-order valence-electron chi connectivity index (χ2n) is 4.70. The maximum atomic E-state index is 11.7. The number of hydrogen-bond acceptors (Lipinski definition) is 4. The van der Waals surface area contributed by atoms with Gasteiger partial charge in [0.1, 0.15) is 11.5 Å². The summed E-state index contributed by atoms with van der Waals surface area (Å²) in [5.41, 5.74) is 2.38. The van der Waals surface area contributed by atoms with E-state index in [1.807, 2.05) is 36.4 Å². The van der Waals surface area contributed by atoms with Crippen LogP contribution in [0, 0.1) is 0 Å². The van der Waals surface area contributed by atoms with E-state index < -0.39 is 0 Å². The van der Waals surface area contributed by atoms with E-state index in [9.17, 15) is 4.79 Å². The van der Waals surface area contributed by atoms with Gasteiger partial charge in [0, 0.05) is 0 Å². The van der Waals surface area contributed by atoms with Crippen LogP contribution in [-0.4, -0.2) is 18.7 Å². The number of ether oxygens (including phenoxy) is 1. The number of carbonyl (C=O) groups is 1. The number of nitrogens with one attached hydrogen (secondary N) is 1. The molecule has 1 aromatic heterocycles. The number of hydrazone groups is 1. The standard InChI is InChI=1S/C17H13BrN2O3/c18-17-14-6-2-1-4-12(14)7-8-15(17)23-11-16(21)20-19-10-13-5-3-9-22-13/h1-10H,11H2,(H,20,21)/b19-10+. The molecule has 0 saturated heterocycles. The van der Waals surface area contributed by atoms with Crippen LogP contribution in [0.25, 0.3) is 10.8 Å². The van der Waals surface area contributed by atoms with Crippen molar-refractivity contribution in [2.45, 2.75) is 0 Å². The number of carbonyl (C=O) groups excluding carboxylic acids is 1. The van der Waals surface area contributed by atoms with Crippen molar-refractivity contribution in [2.75, 3.05) is 6.61 Å². The molecule has 1 amide bonds. The third-order valence-corrected chi connectivity index (χ3v) is 3.93. The van der Waals surface area contributed by atoms with Gasteiger partial charge in [-0.15, -0.1) is 0 Å². The zero-order chi connectivity index (χ0) is 16.1. The van der Waals surface area contributed by atoms with Crippen LogP contribution in [0.1, 0.15) is 5.76 Å². The summed E-state index contributed by atoms with van der Waals surface area (Å²) in [6, 6.07) is 15.2. The minimum absolute atomic E-state index is 0.133. The normalized spacial score (nSPS) is 11.0. The molecule has 0 atom stereocenters. The summed E-state index contributed by atoms with van der Waals surface area (Å²) in [5, 5.41) is 5.91. The van der Waals surface area contributed by atoms with Gasteiger partial charge in [-0.1, -0.05) is 30.3 Å². The van der Waals surface area contributed by atoms with E-state index in [4.69, 9.17) is 9.15 Å². The van der Waals surface area contributed by atoms with E-state index in [0.29, 0.717) is 11.5 Å². The predicted molar refractivity (Wildman–Crippen MR) is 91.6 cm³/mol. The Morgan fingerprint density at radius 2 is 2.09 bits per heavy atom. The Morgan fingerprint density at radius 3 is 2.91 bits per heavy atom. The highest BCUT2D eigenvalue weighted by Crippen LogP contribution is 2.32. The number of benzene rings is 2. The molecular formula is C17H13BrN2O3. The summed E-state index contributed by atoms with van der Waals surface area (Å²) in [6.07, 6.45) is 2.95. The van der Waals surface area contributed by atoms with Gasteiger partial charge in [-0.3, -0.25) is 4.79 Å². The van der Waals surface area contributed by atoms with Crippen LogP contribution < -0.4 is 10.2 Å². The summed E-state index contributed by atoms with van der Waals surface area (Å²) in [7, 11) is 0. The predicted octanol–water partition coefficient (Wildman–Crippen LogP) is 3.72. The molecule has 6 heteroatoms. The fraction of sp³-hybridized carbons (Fsp3) is 0.0588. The highest BCUT2D eigenvalue weighted by molar-refractivity contribution is 9.10. The highest BCUT2D eigenvalue weighted by Gasteiger charge is 2.08. The molecule has 0 aliphatic rings. The van der Waals surface area contributed by atoms with Crippen molar-refractivity contribution in [1.29, 1.82) is 0 Å². The van der Waals surface area contributed by atoms with Gasteiger partial charge in [0.15, 0.2) is 6.61 Å². The van der Waals surface area contributed by atoms with Crippen LogP contribution in [0.3, 0.4) is 0 Å². The Bertz CT molecular complexity index is 844. The molecule has 0 aliphatic heterocycles. The lowest BCUT2D eigenvalue weighted by Gasteiger charge is -2.09. The van der Waals surface area contributed by atoms with Crippen molar-refractivity contribution < 1.29 is 13.9 Å². The zero-order valence-corrected chi connectivity index (χ0v) is 13.6. The molecule has 0 aliphatic carbocycles. The maximum Gasteiger partial charge on any atom is 0.277 e. The molecule has 3 rings (SSSR count). The fourth-order valence-electron chi connectivity index (χ4n) is 2.03. The molecule has 116 valence electrons. The molecule has 0 unspecified atom stereocenters. The first kappa shape index (κ1) is 15.3. The first-order valence-corrected chi connectivity index (χ1v) is 7.69. The van der Waals surface area contributed by atoms with Gasteiger partial charge >= 0.3 is 0 Å². The van der Waals surface area contributed by atoms with Crippen molar-refractivity contribution in [3.05, 3.63) is 65.0 Å². The number of fused-ring (bicyclic) bond motifs is 1. The molecule has 2 aromatic carbocycles. The maximum absolute atomic E-state index is 11.7. The first-order valence-electron chi connectivity index (χ1n) is 6.89. The average Bonchev–Trinajstić information content (AvgIpc) is 3.08. The molecule has 0 fully saturated rings. The van der Waals surface area contributed by atoms with Crippen molar-refractivity contribution in [3.8, 4) is 5.75 Å². The Labute approximate surface area is 141 Å². The number of amides is 1. The van der Waals surface area contributed by atoms with Crippen LogP contribution in [-0.2, 0) is 4.79 Å². The van der Waals surface area contributed by atoms with E-state index >= 15 is 0 Å². The molecule has 3 aromatic rings. The molecular weight excluding hydrogens is 360 g/mol. The van der Waals surface area contributed by atoms with Gasteiger partial charge in [-0.05, 0) is 44.9 Å². The Kier molecular flexibility index (Phi) is 4.73. The monoisotopic (exact) mass is 372 g/mol. The lowest BCUT2D eigenvalue weighted by molar-refractivity contribution is -0.123. The third kappa shape index (κ3) is 3.78. The minimum Gasteiger partial charge on any atom is -0.483 e. The molecule has 0 saturated carbocycles. The lowest BCUT2D eigenvalue weighted by Crippen LogP contribution is -2.24. The van der Waals surface area contributed by atoms with Crippen LogP contribution in [0.4, 0.5) is 0 Å². The SMILES string of the molecule is O=C(COc1ccc2ccccc2c1Br)N/N=C/c1ccco1. The van der Waals surface area contributed by atoms with Gasteiger partial charge in [0.2, 0.25) is 0 Å². The van der Waals surface area contributed by atoms with Crippen molar-refractivity contribution in [3.63, 3.8) is 0 Å². The second kappa shape index (κ2) is 7.11. The van der Waals surface area contributed by atoms with Crippen molar-refractivity contribution in [2.24, 2.45) is 5.10 Å². The summed E-state index contributed by atoms with van der Waals surface area (Å²) in [5.74, 6) is 0.810. The summed E-state index contributed by atoms with van der Waals surface area (Å²) in [4.78, 5) is 11.7. The fourth-order valence-corrected chi connectivity index (χ4v) is 2.64. The Morgan fingerprint density at radius 1 is 1.22 bits per heavy atom. The smallest absolute Gasteiger partial charge is 0.277 e. The quantitative estimate of drug-likeness (QED) is 0.548. The Hall–Kier alpha value is -2.60. The number of hydrogen-bond donors (Lipinski definition) is 1. The molecule has 1 heterocycles. The molecule has 5 nitrogen and oxygen atoms in total. The van der Waals surface area contributed by atoms with Gasteiger partial charge in [0.05, 0.1) is 17.0 Å². The minimum atomic E-state index is -0.354. The number of rotatable bonds is 5. The second-order valence-corrected chi connectivity index (χ2v) is 5.49. The average molecular weight is 373 g/mol. The zero-order valence-electron chi connectivity index (χ0n) is 12.0. The lowest BCUT2D eigenvalue weighted by atomic mass is 10.1. The number of halogens is 1. The molecule has 1 N–H and O–H groups in total. The molecule has 0 radical (unpaired) electrons. The number of nitrogens with zero attached hydrogens (tertiary/aromatic N) is 1. The van der Waals surface area contributed by atoms with Gasteiger partial charge in [0.25, 0.3) is 5.91 Å². The van der Waals surface area contributed by atoms with Gasteiger partial charge in [-0.25, -0.2) is 5.43 Å². The highest BCUT2D eigenvalue weighted by atomic mass is 79.9. The van der Waals surface area contributed by atoms with Crippen LogP contribution >= 0.6 is 15.9 Å². The van der Waals surface area contributed by atoms with E-state index in [0.717, 1.165) is 15.2 Å². The van der Waals surface area contributed by atoms with Crippen molar-refractivity contribution in [1.82, 2.24) is 5.43 Å². The van der Waals surface area contributed by atoms with Crippen LogP contribution in [0.15, 0.2) is 68.8 Å². The van der Waals surface area contributed by atoms with Crippen LogP contribution in [0.5, 0.6) is 5.75 Å². The van der Waals surface area contributed by atoms with Gasteiger partial charge in [-0.2, -0.15) is 5.10 Å². The third-order valence-electron chi connectivity index (χ3n) is 3.11. The van der Waals surface area contributed by atoms with Gasteiger partial charge < -0.3 is 9.15 Å². The molecule has 0 bridgehead atoms. The van der Waals surface area contributed by atoms with E-state index in [2.05, 4.69) is 26.5 Å². The summed E-state index contributed by atoms with van der Waals surface area (Å²) >= 11 is 3.51. The largest absolute Gasteiger partial charge is 0.483 e. The first-order chi connectivity index (χ1) is 11.2. The summed E-state index contributed by atoms with van der Waals surface area (Å²) in [6.45, 7) is -0.133. The molecule has 23 heavy (non-hydrogen) atoms.